The summed E-state index contributed by atoms with van der Waals surface area (Å²) in [7, 11) is 0. The van der Waals surface area contributed by atoms with Crippen molar-refractivity contribution < 1.29 is 5.21 Å². The molecule has 0 radical (unpaired) electrons. The molecule has 4 rings (SSSR count). The van der Waals surface area contributed by atoms with Gasteiger partial charge in [0.15, 0.2) is 5.82 Å². The molecule has 2 heterocycles. The molecular formula is C21H24ClN5O. The van der Waals surface area contributed by atoms with Crippen LogP contribution in [0.1, 0.15) is 38.4 Å². The Morgan fingerprint density at radius 2 is 2.04 bits per heavy atom. The minimum absolute atomic E-state index is 0.112. The molecule has 1 saturated carbocycles. The fourth-order valence-corrected chi connectivity index (χ4v) is 4.24. The molecular weight excluding hydrogens is 374 g/mol. The van der Waals surface area contributed by atoms with Gasteiger partial charge in [0.05, 0.1) is 16.7 Å². The molecule has 3 aromatic rings. The van der Waals surface area contributed by atoms with Gasteiger partial charge in [-0.1, -0.05) is 48.7 Å². The highest BCUT2D eigenvalue weighted by Crippen LogP contribution is 2.33. The van der Waals surface area contributed by atoms with Crippen molar-refractivity contribution in [3.63, 3.8) is 0 Å². The van der Waals surface area contributed by atoms with Gasteiger partial charge in [0.25, 0.3) is 0 Å². The SMILES string of the molecule is C[C@H]1CC[C@H](Cn2ccc3nc(/C(N)=N/O)nc(-c4cccc(Cl)c4)c32)CC1. The Bertz CT molecular complexity index is 1020. The van der Waals surface area contributed by atoms with E-state index < -0.39 is 0 Å². The largest absolute Gasteiger partial charge is 0.409 e. The van der Waals surface area contributed by atoms with Crippen molar-refractivity contribution in [3.8, 4) is 11.3 Å². The van der Waals surface area contributed by atoms with E-state index in [1.165, 1.54) is 25.7 Å². The number of fused-ring (bicyclic) bond motifs is 1. The van der Waals surface area contributed by atoms with Crippen molar-refractivity contribution in [2.75, 3.05) is 0 Å². The number of nitrogens with zero attached hydrogens (tertiary/aromatic N) is 4. The van der Waals surface area contributed by atoms with Crippen LogP contribution in [0.5, 0.6) is 0 Å². The minimum atomic E-state index is -0.112. The second-order valence-corrected chi connectivity index (χ2v) is 8.16. The number of hydrogen-bond donors (Lipinski definition) is 2. The van der Waals surface area contributed by atoms with Gasteiger partial charge in [0, 0.05) is 23.3 Å². The molecule has 7 heteroatoms. The molecule has 0 unspecified atom stereocenters. The molecule has 0 aliphatic heterocycles. The molecule has 1 aliphatic carbocycles. The van der Waals surface area contributed by atoms with Crippen LogP contribution in [0, 0.1) is 11.8 Å². The number of oxime groups is 1. The van der Waals surface area contributed by atoms with Crippen LogP contribution in [0.25, 0.3) is 22.3 Å². The highest BCUT2D eigenvalue weighted by atomic mass is 35.5. The topological polar surface area (TPSA) is 89.3 Å². The summed E-state index contributed by atoms with van der Waals surface area (Å²) in [6.07, 6.45) is 7.12. The van der Waals surface area contributed by atoms with Gasteiger partial charge in [-0.05, 0) is 42.9 Å². The van der Waals surface area contributed by atoms with Crippen LogP contribution in [-0.4, -0.2) is 25.6 Å². The lowest BCUT2D eigenvalue weighted by atomic mass is 9.83. The van der Waals surface area contributed by atoms with E-state index >= 15 is 0 Å². The van der Waals surface area contributed by atoms with E-state index in [9.17, 15) is 0 Å². The maximum Gasteiger partial charge on any atom is 0.208 e. The van der Waals surface area contributed by atoms with Crippen LogP contribution in [-0.2, 0) is 6.54 Å². The number of aromatic nitrogens is 3. The Labute approximate surface area is 169 Å². The summed E-state index contributed by atoms with van der Waals surface area (Å²) < 4.78 is 2.24. The van der Waals surface area contributed by atoms with Gasteiger partial charge in [-0.2, -0.15) is 0 Å². The van der Waals surface area contributed by atoms with Crippen LogP contribution >= 0.6 is 11.6 Å². The van der Waals surface area contributed by atoms with E-state index in [1.54, 1.807) is 0 Å². The van der Waals surface area contributed by atoms with E-state index in [0.717, 1.165) is 34.8 Å². The normalized spacial score (nSPS) is 20.6. The third kappa shape index (κ3) is 3.69. The van der Waals surface area contributed by atoms with Gasteiger partial charge in [0.1, 0.15) is 0 Å². The smallest absolute Gasteiger partial charge is 0.208 e. The third-order valence-corrected chi connectivity index (χ3v) is 5.87. The summed E-state index contributed by atoms with van der Waals surface area (Å²) in [6.45, 7) is 3.27. The van der Waals surface area contributed by atoms with Crippen LogP contribution in [0.15, 0.2) is 41.7 Å². The predicted octanol–water partition coefficient (Wildman–Crippen LogP) is 4.67. The summed E-state index contributed by atoms with van der Waals surface area (Å²) in [5.41, 5.74) is 9.12. The molecule has 0 atom stereocenters. The lowest BCUT2D eigenvalue weighted by Gasteiger charge is -2.26. The van der Waals surface area contributed by atoms with E-state index in [1.807, 2.05) is 30.3 Å². The average molecular weight is 398 g/mol. The van der Waals surface area contributed by atoms with Crippen molar-refractivity contribution >= 4 is 28.5 Å². The molecule has 0 spiro atoms. The van der Waals surface area contributed by atoms with E-state index in [4.69, 9.17) is 22.5 Å². The standard InChI is InChI=1S/C21H24ClN5O/c1-13-5-7-14(8-6-13)12-27-10-9-17-19(27)18(15-3-2-4-16(22)11-15)25-21(24-17)20(23)26-28/h2-4,9-11,13-14,28H,5-8,12H2,1H3,(H2,23,26)/t13-,14-. The first-order valence-corrected chi connectivity index (χ1v) is 10.0. The highest BCUT2D eigenvalue weighted by Gasteiger charge is 2.21. The molecule has 1 aromatic carbocycles. The Hall–Kier alpha value is -2.60. The number of rotatable bonds is 4. The quantitative estimate of drug-likeness (QED) is 0.289. The molecule has 1 aliphatic rings. The van der Waals surface area contributed by atoms with Gasteiger partial charge in [0.2, 0.25) is 5.84 Å². The number of benzene rings is 1. The lowest BCUT2D eigenvalue weighted by molar-refractivity contribution is 0.267. The van der Waals surface area contributed by atoms with E-state index in [2.05, 4.69) is 32.8 Å². The molecule has 1 fully saturated rings. The minimum Gasteiger partial charge on any atom is -0.409 e. The highest BCUT2D eigenvalue weighted by molar-refractivity contribution is 6.30. The zero-order valence-corrected chi connectivity index (χ0v) is 16.6. The zero-order chi connectivity index (χ0) is 19.7. The molecule has 0 bridgehead atoms. The summed E-state index contributed by atoms with van der Waals surface area (Å²) in [5, 5.41) is 12.8. The summed E-state index contributed by atoms with van der Waals surface area (Å²) in [5.74, 6) is 1.57. The van der Waals surface area contributed by atoms with Gasteiger partial charge < -0.3 is 15.5 Å². The second kappa shape index (κ2) is 7.80. The maximum absolute atomic E-state index is 9.07. The Morgan fingerprint density at radius 1 is 1.25 bits per heavy atom. The molecule has 28 heavy (non-hydrogen) atoms. The van der Waals surface area contributed by atoms with Crippen molar-refractivity contribution in [2.45, 2.75) is 39.2 Å². The van der Waals surface area contributed by atoms with Crippen molar-refractivity contribution in [1.82, 2.24) is 14.5 Å². The van der Waals surface area contributed by atoms with Crippen molar-refractivity contribution in [2.24, 2.45) is 22.7 Å². The number of hydrogen-bond acceptors (Lipinski definition) is 4. The monoisotopic (exact) mass is 397 g/mol. The Balaban J connectivity index is 1.82. The average Bonchev–Trinajstić information content (AvgIpc) is 3.11. The maximum atomic E-state index is 9.07. The zero-order valence-electron chi connectivity index (χ0n) is 15.8. The van der Waals surface area contributed by atoms with Gasteiger partial charge >= 0.3 is 0 Å². The van der Waals surface area contributed by atoms with Gasteiger partial charge in [-0.25, -0.2) is 9.97 Å². The Kier molecular flexibility index (Phi) is 5.22. The van der Waals surface area contributed by atoms with E-state index in [-0.39, 0.29) is 11.7 Å². The summed E-state index contributed by atoms with van der Waals surface area (Å²) in [6, 6.07) is 9.52. The molecule has 2 aromatic heterocycles. The van der Waals surface area contributed by atoms with Crippen LogP contribution in [0.3, 0.4) is 0 Å². The summed E-state index contributed by atoms with van der Waals surface area (Å²) in [4.78, 5) is 9.11. The van der Waals surface area contributed by atoms with Crippen molar-refractivity contribution in [1.29, 1.82) is 0 Å². The predicted molar refractivity (Wildman–Crippen MR) is 112 cm³/mol. The molecule has 3 N–H and O–H groups in total. The van der Waals surface area contributed by atoms with Gasteiger partial charge in [-0.3, -0.25) is 0 Å². The first-order valence-electron chi connectivity index (χ1n) is 9.66. The number of halogens is 1. The van der Waals surface area contributed by atoms with Crippen molar-refractivity contribution in [3.05, 3.63) is 47.4 Å². The molecule has 0 amide bonds. The first kappa shape index (κ1) is 18.7. The summed E-state index contributed by atoms with van der Waals surface area (Å²) >= 11 is 6.22. The lowest BCUT2D eigenvalue weighted by Crippen LogP contribution is -2.19. The van der Waals surface area contributed by atoms with Crippen LogP contribution in [0.2, 0.25) is 5.02 Å². The molecule has 146 valence electrons. The first-order chi connectivity index (χ1) is 13.5. The van der Waals surface area contributed by atoms with Gasteiger partial charge in [-0.15, -0.1) is 0 Å². The Morgan fingerprint density at radius 3 is 2.75 bits per heavy atom. The third-order valence-electron chi connectivity index (χ3n) is 5.64. The van der Waals surface area contributed by atoms with E-state index in [0.29, 0.717) is 10.9 Å². The van der Waals surface area contributed by atoms with Crippen LogP contribution in [0.4, 0.5) is 0 Å². The fourth-order valence-electron chi connectivity index (χ4n) is 4.05. The van der Waals surface area contributed by atoms with Crippen LogP contribution < -0.4 is 5.73 Å². The fraction of sp³-hybridized carbons (Fsp3) is 0.381. The number of nitrogens with two attached hydrogens (primary N) is 1. The number of amidine groups is 1. The molecule has 0 saturated heterocycles. The second-order valence-electron chi connectivity index (χ2n) is 7.72. The molecule has 6 nitrogen and oxygen atoms in total.